The van der Waals surface area contributed by atoms with Crippen LogP contribution in [0.4, 0.5) is 0 Å². The summed E-state index contributed by atoms with van der Waals surface area (Å²) < 4.78 is 0. The summed E-state index contributed by atoms with van der Waals surface area (Å²) in [6, 6.07) is 21.3. The first-order chi connectivity index (χ1) is 14.2. The van der Waals surface area contributed by atoms with Crippen LogP contribution in [0, 0.1) is 13.8 Å². The number of oxime groups is 1. The van der Waals surface area contributed by atoms with Crippen LogP contribution >= 0.6 is 0 Å². The minimum atomic E-state index is 0.115. The van der Waals surface area contributed by atoms with Crippen LogP contribution < -0.4 is 5.32 Å². The molecular formula is C25H27N3O. The summed E-state index contributed by atoms with van der Waals surface area (Å²) in [5.74, 6) is 0.736. The SMILES string of the molecule is Cc1cc(/C(C[C@H](c2ccc(C3CNC3)cc2)c2ccccc2C)=N\O)ccn1. The fraction of sp³-hybridized carbons (Fsp3) is 0.280. The molecule has 2 heterocycles. The number of aryl methyl sites for hydroxylation is 2. The van der Waals surface area contributed by atoms with Gasteiger partial charge in [-0.1, -0.05) is 53.7 Å². The number of hydrogen-bond acceptors (Lipinski definition) is 4. The molecule has 3 aromatic rings. The summed E-state index contributed by atoms with van der Waals surface area (Å²) in [4.78, 5) is 4.26. The van der Waals surface area contributed by atoms with Crippen LogP contribution in [0.5, 0.6) is 0 Å². The number of rotatable bonds is 6. The molecule has 0 bridgehead atoms. The second-order valence-electron chi connectivity index (χ2n) is 7.87. The molecule has 0 radical (unpaired) electrons. The Morgan fingerprint density at radius 2 is 1.86 bits per heavy atom. The van der Waals surface area contributed by atoms with Crippen molar-refractivity contribution in [1.82, 2.24) is 10.3 Å². The van der Waals surface area contributed by atoms with Crippen molar-refractivity contribution in [2.45, 2.75) is 32.1 Å². The van der Waals surface area contributed by atoms with E-state index in [1.54, 1.807) is 6.20 Å². The summed E-state index contributed by atoms with van der Waals surface area (Å²) in [7, 11) is 0. The number of aromatic nitrogens is 1. The molecule has 1 aliphatic rings. The van der Waals surface area contributed by atoms with E-state index in [-0.39, 0.29) is 5.92 Å². The number of nitrogens with one attached hydrogen (secondary N) is 1. The maximum absolute atomic E-state index is 9.80. The van der Waals surface area contributed by atoms with Crippen LogP contribution in [-0.4, -0.2) is 29.0 Å². The van der Waals surface area contributed by atoms with Crippen molar-refractivity contribution in [3.8, 4) is 0 Å². The molecule has 0 aliphatic carbocycles. The number of pyridine rings is 1. The molecular weight excluding hydrogens is 358 g/mol. The first-order valence-electron chi connectivity index (χ1n) is 10.2. The Bertz CT molecular complexity index is 1010. The smallest absolute Gasteiger partial charge is 0.0878 e. The normalized spacial score (nSPS) is 15.7. The van der Waals surface area contributed by atoms with Crippen LogP contribution in [0.3, 0.4) is 0 Å². The van der Waals surface area contributed by atoms with Gasteiger partial charge in [-0.3, -0.25) is 4.98 Å². The Morgan fingerprint density at radius 3 is 2.48 bits per heavy atom. The lowest BCUT2D eigenvalue weighted by Crippen LogP contribution is -2.39. The topological polar surface area (TPSA) is 57.5 Å². The third-order valence-electron chi connectivity index (χ3n) is 5.90. The van der Waals surface area contributed by atoms with Crippen LogP contribution in [0.1, 0.15) is 51.8 Å². The number of nitrogens with zero attached hydrogens (tertiary/aromatic N) is 2. The number of hydrogen-bond donors (Lipinski definition) is 2. The lowest BCUT2D eigenvalue weighted by molar-refractivity contribution is 0.317. The average Bonchev–Trinajstić information content (AvgIpc) is 2.69. The summed E-state index contributed by atoms with van der Waals surface area (Å²) >= 11 is 0. The average molecular weight is 386 g/mol. The van der Waals surface area contributed by atoms with Crippen molar-refractivity contribution in [2.75, 3.05) is 13.1 Å². The highest BCUT2D eigenvalue weighted by Gasteiger charge is 2.22. The molecule has 0 unspecified atom stereocenters. The second-order valence-corrected chi connectivity index (χ2v) is 7.87. The standard InChI is InChI=1S/C25H27N3O/c1-17-5-3-4-6-23(17)24(14-25(28-29)21-11-12-27-18(2)13-21)20-9-7-19(8-10-20)22-15-26-16-22/h3-13,22,24,26,29H,14-16H2,1-2H3/b28-25-/t24-/m1/s1. The Hall–Kier alpha value is -2.98. The van der Waals surface area contributed by atoms with E-state index in [1.807, 2.05) is 19.1 Å². The summed E-state index contributed by atoms with van der Waals surface area (Å²) in [5, 5.41) is 16.8. The van der Waals surface area contributed by atoms with E-state index >= 15 is 0 Å². The number of benzene rings is 2. The van der Waals surface area contributed by atoms with Gasteiger partial charge in [0, 0.05) is 48.8 Å². The van der Waals surface area contributed by atoms with E-state index in [0.29, 0.717) is 18.1 Å². The van der Waals surface area contributed by atoms with Gasteiger partial charge in [0.15, 0.2) is 0 Å². The zero-order valence-corrected chi connectivity index (χ0v) is 17.0. The predicted molar refractivity (Wildman–Crippen MR) is 117 cm³/mol. The molecule has 0 amide bonds. The molecule has 1 aliphatic heterocycles. The van der Waals surface area contributed by atoms with Gasteiger partial charge in [0.25, 0.3) is 0 Å². The molecule has 0 spiro atoms. The van der Waals surface area contributed by atoms with E-state index in [4.69, 9.17) is 0 Å². The van der Waals surface area contributed by atoms with Crippen molar-refractivity contribution in [1.29, 1.82) is 0 Å². The molecule has 4 nitrogen and oxygen atoms in total. The molecule has 1 fully saturated rings. The Morgan fingerprint density at radius 1 is 1.10 bits per heavy atom. The van der Waals surface area contributed by atoms with Gasteiger partial charge in [0.05, 0.1) is 5.71 Å². The zero-order valence-electron chi connectivity index (χ0n) is 17.0. The van der Waals surface area contributed by atoms with Gasteiger partial charge in [-0.2, -0.15) is 0 Å². The highest BCUT2D eigenvalue weighted by molar-refractivity contribution is 6.00. The fourth-order valence-electron chi connectivity index (χ4n) is 4.04. The Kier molecular flexibility index (Phi) is 5.72. The van der Waals surface area contributed by atoms with Crippen molar-refractivity contribution in [2.24, 2.45) is 5.16 Å². The van der Waals surface area contributed by atoms with Crippen molar-refractivity contribution in [3.63, 3.8) is 0 Å². The molecule has 0 saturated carbocycles. The minimum absolute atomic E-state index is 0.115. The Balaban J connectivity index is 1.69. The first-order valence-corrected chi connectivity index (χ1v) is 10.2. The van der Waals surface area contributed by atoms with Gasteiger partial charge in [-0.25, -0.2) is 0 Å². The third kappa shape index (κ3) is 4.22. The van der Waals surface area contributed by atoms with Gasteiger partial charge in [-0.05, 0) is 48.2 Å². The molecule has 29 heavy (non-hydrogen) atoms. The van der Waals surface area contributed by atoms with Crippen LogP contribution in [0.15, 0.2) is 72.0 Å². The molecule has 148 valence electrons. The van der Waals surface area contributed by atoms with Gasteiger partial charge in [0.1, 0.15) is 0 Å². The van der Waals surface area contributed by atoms with E-state index in [0.717, 1.165) is 24.3 Å². The minimum Gasteiger partial charge on any atom is -0.411 e. The van der Waals surface area contributed by atoms with E-state index in [2.05, 4.69) is 70.9 Å². The first kappa shape index (κ1) is 19.3. The largest absolute Gasteiger partial charge is 0.411 e. The molecule has 1 saturated heterocycles. The van der Waals surface area contributed by atoms with E-state index in [9.17, 15) is 5.21 Å². The summed E-state index contributed by atoms with van der Waals surface area (Å²) in [5.41, 5.74) is 7.63. The zero-order chi connectivity index (χ0) is 20.2. The van der Waals surface area contributed by atoms with Crippen molar-refractivity contribution >= 4 is 5.71 Å². The molecule has 2 aromatic carbocycles. The maximum Gasteiger partial charge on any atom is 0.0878 e. The molecule has 1 aromatic heterocycles. The van der Waals surface area contributed by atoms with Crippen molar-refractivity contribution < 1.29 is 5.21 Å². The molecule has 2 N–H and O–H groups in total. The lowest BCUT2D eigenvalue weighted by Gasteiger charge is -2.28. The van der Waals surface area contributed by atoms with Crippen LogP contribution in [0.25, 0.3) is 0 Å². The van der Waals surface area contributed by atoms with Gasteiger partial charge in [0.2, 0.25) is 0 Å². The molecule has 1 atom stereocenters. The van der Waals surface area contributed by atoms with E-state index in [1.165, 1.54) is 22.3 Å². The maximum atomic E-state index is 9.80. The summed E-state index contributed by atoms with van der Waals surface area (Å²) in [6.45, 7) is 6.21. The third-order valence-corrected chi connectivity index (χ3v) is 5.90. The fourth-order valence-corrected chi connectivity index (χ4v) is 4.04. The van der Waals surface area contributed by atoms with E-state index < -0.39 is 0 Å². The lowest BCUT2D eigenvalue weighted by atomic mass is 9.82. The highest BCUT2D eigenvalue weighted by atomic mass is 16.4. The van der Waals surface area contributed by atoms with Crippen LogP contribution in [0.2, 0.25) is 0 Å². The Labute approximate surface area is 172 Å². The summed E-state index contributed by atoms with van der Waals surface area (Å²) in [6.07, 6.45) is 2.38. The van der Waals surface area contributed by atoms with Gasteiger partial charge in [-0.15, -0.1) is 0 Å². The van der Waals surface area contributed by atoms with Crippen molar-refractivity contribution in [3.05, 3.63) is 100 Å². The van der Waals surface area contributed by atoms with Crippen LogP contribution in [-0.2, 0) is 0 Å². The molecule has 4 rings (SSSR count). The monoisotopic (exact) mass is 385 g/mol. The predicted octanol–water partition coefficient (Wildman–Crippen LogP) is 4.79. The second kappa shape index (κ2) is 8.58. The quantitative estimate of drug-likeness (QED) is 0.364. The van der Waals surface area contributed by atoms with Gasteiger partial charge >= 0.3 is 0 Å². The highest BCUT2D eigenvalue weighted by Crippen LogP contribution is 2.33. The van der Waals surface area contributed by atoms with Gasteiger partial charge < -0.3 is 10.5 Å². The molecule has 4 heteroatoms.